The molecule has 0 saturated carbocycles. The lowest BCUT2D eigenvalue weighted by Gasteiger charge is -2.06. The van der Waals surface area contributed by atoms with Gasteiger partial charge in [0, 0.05) is 3.57 Å². The van der Waals surface area contributed by atoms with E-state index < -0.39 is 0 Å². The third-order valence-electron chi connectivity index (χ3n) is 2.98. The van der Waals surface area contributed by atoms with Gasteiger partial charge in [0.15, 0.2) is 0 Å². The summed E-state index contributed by atoms with van der Waals surface area (Å²) in [7, 11) is 0. The number of halogens is 2. The van der Waals surface area contributed by atoms with Gasteiger partial charge in [-0.15, -0.1) is 0 Å². The van der Waals surface area contributed by atoms with E-state index >= 15 is 0 Å². The average Bonchev–Trinajstić information content (AvgIpc) is 2.68. The molecule has 0 amide bonds. The van der Waals surface area contributed by atoms with E-state index in [0.29, 0.717) is 0 Å². The van der Waals surface area contributed by atoms with Crippen molar-refractivity contribution in [2.24, 2.45) is 0 Å². The van der Waals surface area contributed by atoms with Gasteiger partial charge < -0.3 is 0 Å². The SMILES string of the molecule is CCc1nn(Cc2ccc(I)cc2)c(CC)c1I. The fourth-order valence-electron chi connectivity index (χ4n) is 1.99. The van der Waals surface area contributed by atoms with Gasteiger partial charge in [-0.3, -0.25) is 4.68 Å². The van der Waals surface area contributed by atoms with E-state index in [9.17, 15) is 0 Å². The molecule has 0 fully saturated rings. The summed E-state index contributed by atoms with van der Waals surface area (Å²) in [5.74, 6) is 0. The molecule has 1 aromatic carbocycles. The molecule has 0 saturated heterocycles. The highest BCUT2D eigenvalue weighted by Gasteiger charge is 2.12. The molecular weight excluding hydrogens is 450 g/mol. The van der Waals surface area contributed by atoms with Crippen molar-refractivity contribution in [2.75, 3.05) is 0 Å². The number of hydrogen-bond donors (Lipinski definition) is 0. The van der Waals surface area contributed by atoms with Crippen LogP contribution in [0.3, 0.4) is 0 Å². The van der Waals surface area contributed by atoms with Gasteiger partial charge >= 0.3 is 0 Å². The second-order valence-corrected chi connectivity index (χ2v) is 6.52. The Bertz CT molecular complexity index is 529. The summed E-state index contributed by atoms with van der Waals surface area (Å²) in [4.78, 5) is 0. The molecule has 0 aliphatic carbocycles. The van der Waals surface area contributed by atoms with Crippen LogP contribution >= 0.6 is 45.2 Å². The van der Waals surface area contributed by atoms with Gasteiger partial charge in [-0.05, 0) is 75.7 Å². The van der Waals surface area contributed by atoms with Gasteiger partial charge in [0.1, 0.15) is 0 Å². The van der Waals surface area contributed by atoms with Crippen LogP contribution in [-0.2, 0) is 19.4 Å². The average molecular weight is 466 g/mol. The number of aryl methyl sites for hydroxylation is 1. The van der Waals surface area contributed by atoms with Crippen LogP contribution in [0.25, 0.3) is 0 Å². The topological polar surface area (TPSA) is 17.8 Å². The molecular formula is C14H16I2N2. The zero-order chi connectivity index (χ0) is 13.1. The molecule has 1 heterocycles. The largest absolute Gasteiger partial charge is 0.264 e. The van der Waals surface area contributed by atoms with Gasteiger partial charge in [0.2, 0.25) is 0 Å². The van der Waals surface area contributed by atoms with Crippen molar-refractivity contribution in [3.05, 3.63) is 48.4 Å². The minimum atomic E-state index is 0.871. The third kappa shape index (κ3) is 3.07. The van der Waals surface area contributed by atoms with Crippen molar-refractivity contribution < 1.29 is 0 Å². The number of nitrogens with zero attached hydrogens (tertiary/aromatic N) is 2. The molecule has 0 unspecified atom stereocenters. The van der Waals surface area contributed by atoms with E-state index in [1.54, 1.807) is 0 Å². The van der Waals surface area contributed by atoms with E-state index in [4.69, 9.17) is 5.10 Å². The first-order chi connectivity index (χ1) is 8.65. The molecule has 4 heteroatoms. The summed E-state index contributed by atoms with van der Waals surface area (Å²) < 4.78 is 4.77. The van der Waals surface area contributed by atoms with Gasteiger partial charge in [0.05, 0.1) is 21.5 Å². The summed E-state index contributed by atoms with van der Waals surface area (Å²) in [6.07, 6.45) is 2.04. The van der Waals surface area contributed by atoms with Gasteiger partial charge in [-0.25, -0.2) is 0 Å². The molecule has 1 aromatic heterocycles. The van der Waals surface area contributed by atoms with Gasteiger partial charge in [0.25, 0.3) is 0 Å². The fourth-order valence-corrected chi connectivity index (χ4v) is 3.50. The lowest BCUT2D eigenvalue weighted by molar-refractivity contribution is 0.640. The molecule has 0 radical (unpaired) electrons. The maximum Gasteiger partial charge on any atom is 0.0758 e. The molecule has 2 nitrogen and oxygen atoms in total. The van der Waals surface area contributed by atoms with Gasteiger partial charge in [-0.2, -0.15) is 5.10 Å². The Morgan fingerprint density at radius 1 is 1.06 bits per heavy atom. The minimum absolute atomic E-state index is 0.871. The normalized spacial score (nSPS) is 10.9. The van der Waals surface area contributed by atoms with Crippen molar-refractivity contribution in [3.63, 3.8) is 0 Å². The lowest BCUT2D eigenvalue weighted by Crippen LogP contribution is -2.06. The van der Waals surface area contributed by atoms with Crippen molar-refractivity contribution in [3.8, 4) is 0 Å². The first-order valence-corrected chi connectivity index (χ1v) is 8.30. The number of hydrogen-bond acceptors (Lipinski definition) is 1. The van der Waals surface area contributed by atoms with Crippen LogP contribution in [0.4, 0.5) is 0 Å². The van der Waals surface area contributed by atoms with Crippen LogP contribution in [0.2, 0.25) is 0 Å². The highest BCUT2D eigenvalue weighted by molar-refractivity contribution is 14.1. The van der Waals surface area contributed by atoms with Crippen LogP contribution in [0.15, 0.2) is 24.3 Å². The fraction of sp³-hybridized carbons (Fsp3) is 0.357. The quantitative estimate of drug-likeness (QED) is 0.617. The molecule has 0 bridgehead atoms. The lowest BCUT2D eigenvalue weighted by atomic mass is 10.2. The molecule has 18 heavy (non-hydrogen) atoms. The Morgan fingerprint density at radius 2 is 1.72 bits per heavy atom. The van der Waals surface area contributed by atoms with E-state index in [1.807, 2.05) is 0 Å². The summed E-state index contributed by atoms with van der Waals surface area (Å²) >= 11 is 4.76. The maximum atomic E-state index is 4.72. The van der Waals surface area contributed by atoms with Crippen LogP contribution < -0.4 is 0 Å². The van der Waals surface area contributed by atoms with Gasteiger partial charge in [-0.1, -0.05) is 26.0 Å². The van der Waals surface area contributed by atoms with Crippen molar-refractivity contribution in [1.82, 2.24) is 9.78 Å². The maximum absolute atomic E-state index is 4.72. The molecule has 0 N–H and O–H groups in total. The molecule has 0 spiro atoms. The Kier molecular flexibility index (Phi) is 5.06. The van der Waals surface area contributed by atoms with Crippen LogP contribution in [0.5, 0.6) is 0 Å². The second kappa shape index (κ2) is 6.36. The van der Waals surface area contributed by atoms with Crippen molar-refractivity contribution in [2.45, 2.75) is 33.2 Å². The van der Waals surface area contributed by atoms with Crippen molar-refractivity contribution >= 4 is 45.2 Å². The predicted molar refractivity (Wildman–Crippen MR) is 92.0 cm³/mol. The Balaban J connectivity index is 2.31. The first-order valence-electron chi connectivity index (χ1n) is 6.14. The van der Waals surface area contributed by atoms with E-state index in [-0.39, 0.29) is 0 Å². The summed E-state index contributed by atoms with van der Waals surface area (Å²) in [6, 6.07) is 8.66. The predicted octanol–water partition coefficient (Wildman–Crippen LogP) is 4.27. The zero-order valence-corrected chi connectivity index (χ0v) is 14.9. The number of rotatable bonds is 4. The number of aromatic nitrogens is 2. The number of benzene rings is 1. The summed E-state index contributed by atoms with van der Waals surface area (Å²) in [6.45, 7) is 5.23. The molecule has 96 valence electrons. The van der Waals surface area contributed by atoms with Crippen LogP contribution in [0, 0.1) is 7.14 Å². The van der Waals surface area contributed by atoms with Crippen LogP contribution in [0.1, 0.15) is 30.8 Å². The third-order valence-corrected chi connectivity index (χ3v) is 4.94. The summed E-state index contributed by atoms with van der Waals surface area (Å²) in [5.41, 5.74) is 3.88. The zero-order valence-electron chi connectivity index (χ0n) is 10.6. The molecule has 0 atom stereocenters. The first kappa shape index (κ1) is 14.3. The molecule has 2 aromatic rings. The summed E-state index contributed by atoms with van der Waals surface area (Å²) in [5, 5.41) is 4.72. The highest BCUT2D eigenvalue weighted by Crippen LogP contribution is 2.19. The Morgan fingerprint density at radius 3 is 2.28 bits per heavy atom. The second-order valence-electron chi connectivity index (χ2n) is 4.20. The smallest absolute Gasteiger partial charge is 0.0758 e. The molecule has 0 aliphatic rings. The van der Waals surface area contributed by atoms with Crippen molar-refractivity contribution in [1.29, 1.82) is 0 Å². The minimum Gasteiger partial charge on any atom is -0.264 e. The Labute approximate surface area is 135 Å². The monoisotopic (exact) mass is 466 g/mol. The van der Waals surface area contributed by atoms with E-state index in [2.05, 4.69) is 88.0 Å². The standard InChI is InChI=1S/C14H16I2N2/c1-3-12-14(16)13(4-2)18(17-12)9-10-5-7-11(15)8-6-10/h5-8H,3-4,9H2,1-2H3. The molecule has 0 aliphatic heterocycles. The van der Waals surface area contributed by atoms with Crippen LogP contribution in [-0.4, -0.2) is 9.78 Å². The Hall–Kier alpha value is -0.110. The molecule has 2 rings (SSSR count). The highest BCUT2D eigenvalue weighted by atomic mass is 127. The van der Waals surface area contributed by atoms with E-state index in [0.717, 1.165) is 19.4 Å². The van der Waals surface area contributed by atoms with E-state index in [1.165, 1.54) is 24.1 Å².